The number of carbonyl (C=O) groups excluding carboxylic acids is 1. The van der Waals surface area contributed by atoms with Gasteiger partial charge in [0.25, 0.3) is 5.91 Å². The summed E-state index contributed by atoms with van der Waals surface area (Å²) in [6, 6.07) is 14.2. The van der Waals surface area contributed by atoms with Gasteiger partial charge in [0.05, 0.1) is 21.8 Å². The van der Waals surface area contributed by atoms with E-state index in [4.69, 9.17) is 0 Å². The van der Waals surface area contributed by atoms with Crippen molar-refractivity contribution in [2.45, 2.75) is 6.04 Å². The smallest absolute Gasteiger partial charge is 0.251 e. The van der Waals surface area contributed by atoms with Gasteiger partial charge in [-0.2, -0.15) is 0 Å². The van der Waals surface area contributed by atoms with Crippen molar-refractivity contribution in [1.29, 1.82) is 0 Å². The number of hydrogen-bond acceptors (Lipinski definition) is 5. The topological polar surface area (TPSA) is 45.2 Å². The van der Waals surface area contributed by atoms with Crippen molar-refractivity contribution in [3.8, 4) is 0 Å². The Hall–Kier alpha value is -2.28. The molecule has 0 fully saturated rings. The van der Waals surface area contributed by atoms with Crippen LogP contribution in [-0.4, -0.2) is 36.4 Å². The summed E-state index contributed by atoms with van der Waals surface area (Å²) in [5, 5.41) is 6.56. The molecule has 0 aliphatic carbocycles. The van der Waals surface area contributed by atoms with Crippen molar-refractivity contribution >= 4 is 48.9 Å². The largest absolute Gasteiger partial charge is 0.350 e. The summed E-state index contributed by atoms with van der Waals surface area (Å²) in [5.74, 6) is -0.0494. The van der Waals surface area contributed by atoms with Crippen molar-refractivity contribution in [1.82, 2.24) is 15.2 Å². The maximum absolute atomic E-state index is 12.6. The van der Waals surface area contributed by atoms with Gasteiger partial charge in [0.2, 0.25) is 0 Å². The quantitative estimate of drug-likeness (QED) is 0.552. The average molecular weight is 382 g/mol. The molecule has 0 saturated heterocycles. The van der Waals surface area contributed by atoms with Gasteiger partial charge in [0, 0.05) is 16.8 Å². The summed E-state index contributed by atoms with van der Waals surface area (Å²) < 4.78 is 2.31. The highest BCUT2D eigenvalue weighted by Crippen LogP contribution is 2.32. The highest BCUT2D eigenvalue weighted by Gasteiger charge is 2.19. The van der Waals surface area contributed by atoms with E-state index in [0.29, 0.717) is 12.1 Å². The van der Waals surface area contributed by atoms with E-state index < -0.39 is 0 Å². The van der Waals surface area contributed by atoms with E-state index in [1.165, 1.54) is 15.6 Å². The zero-order chi connectivity index (χ0) is 18.1. The third kappa shape index (κ3) is 3.23. The van der Waals surface area contributed by atoms with E-state index in [1.54, 1.807) is 28.2 Å². The number of fused-ring (bicyclic) bond motifs is 2. The highest BCUT2D eigenvalue weighted by molar-refractivity contribution is 7.17. The molecule has 1 atom stereocenters. The second-order valence-corrected chi connectivity index (χ2v) is 8.21. The van der Waals surface area contributed by atoms with Crippen LogP contribution < -0.4 is 5.32 Å². The summed E-state index contributed by atoms with van der Waals surface area (Å²) in [4.78, 5) is 19.0. The molecule has 0 saturated carbocycles. The van der Waals surface area contributed by atoms with Crippen molar-refractivity contribution < 1.29 is 4.79 Å². The summed E-state index contributed by atoms with van der Waals surface area (Å²) >= 11 is 3.30. The molecule has 6 heteroatoms. The second-order valence-electron chi connectivity index (χ2n) is 6.41. The van der Waals surface area contributed by atoms with Gasteiger partial charge in [0.15, 0.2) is 0 Å². The number of benzene rings is 2. The Labute approximate surface area is 160 Å². The van der Waals surface area contributed by atoms with Crippen molar-refractivity contribution in [2.24, 2.45) is 0 Å². The zero-order valence-corrected chi connectivity index (χ0v) is 16.2. The van der Waals surface area contributed by atoms with Crippen LogP contribution in [0.3, 0.4) is 0 Å². The Bertz CT molecular complexity index is 1070. The fraction of sp³-hybridized carbons (Fsp3) is 0.200. The molecular formula is C20H19N3OS2. The van der Waals surface area contributed by atoms with E-state index >= 15 is 0 Å². The zero-order valence-electron chi connectivity index (χ0n) is 14.6. The average Bonchev–Trinajstić information content (AvgIpc) is 3.28. The number of amides is 1. The number of carbonyl (C=O) groups is 1. The van der Waals surface area contributed by atoms with E-state index in [1.807, 2.05) is 32.3 Å². The summed E-state index contributed by atoms with van der Waals surface area (Å²) in [6.07, 6.45) is 0. The van der Waals surface area contributed by atoms with Crippen LogP contribution in [0.4, 0.5) is 0 Å². The van der Waals surface area contributed by atoms with Gasteiger partial charge in [-0.3, -0.25) is 4.79 Å². The number of likely N-dealkylation sites (N-methyl/N-ethyl adjacent to an activating group) is 1. The lowest BCUT2D eigenvalue weighted by atomic mass is 10.0. The minimum Gasteiger partial charge on any atom is -0.350 e. The first-order valence-corrected chi connectivity index (χ1v) is 10.1. The van der Waals surface area contributed by atoms with Crippen LogP contribution in [0.2, 0.25) is 0 Å². The molecule has 0 spiro atoms. The molecule has 1 amide bonds. The summed E-state index contributed by atoms with van der Waals surface area (Å²) in [6.45, 7) is 0.563. The number of thiophene rings is 1. The number of rotatable bonds is 5. The fourth-order valence-electron chi connectivity index (χ4n) is 3.11. The van der Waals surface area contributed by atoms with Gasteiger partial charge in [0.1, 0.15) is 0 Å². The van der Waals surface area contributed by atoms with Crippen LogP contribution in [0.1, 0.15) is 22.0 Å². The summed E-state index contributed by atoms with van der Waals surface area (Å²) in [5.41, 5.74) is 4.67. The van der Waals surface area contributed by atoms with Gasteiger partial charge >= 0.3 is 0 Å². The van der Waals surface area contributed by atoms with Gasteiger partial charge in [-0.15, -0.1) is 22.7 Å². The Morgan fingerprint density at radius 2 is 2.00 bits per heavy atom. The van der Waals surface area contributed by atoms with Crippen LogP contribution >= 0.6 is 22.7 Å². The third-order valence-corrected chi connectivity index (χ3v) is 6.32. The first-order chi connectivity index (χ1) is 12.6. The van der Waals surface area contributed by atoms with Gasteiger partial charge in [-0.1, -0.05) is 18.2 Å². The van der Waals surface area contributed by atoms with Crippen molar-refractivity contribution in [3.63, 3.8) is 0 Å². The Balaban J connectivity index is 1.54. The predicted octanol–water partition coefficient (Wildman–Crippen LogP) is 4.54. The van der Waals surface area contributed by atoms with E-state index in [9.17, 15) is 4.79 Å². The van der Waals surface area contributed by atoms with E-state index in [-0.39, 0.29) is 11.9 Å². The van der Waals surface area contributed by atoms with Crippen LogP contribution in [0.5, 0.6) is 0 Å². The SMILES string of the molecule is CN(C)[C@@H](CNC(=O)c1ccc2ncsc2c1)c1csc2ccccc12. The molecule has 2 heterocycles. The van der Waals surface area contributed by atoms with E-state index in [0.717, 1.165) is 10.2 Å². The molecule has 132 valence electrons. The molecule has 1 N–H and O–H groups in total. The molecule has 0 aliphatic rings. The molecular weight excluding hydrogens is 362 g/mol. The normalized spacial score (nSPS) is 12.7. The molecule has 0 unspecified atom stereocenters. The van der Waals surface area contributed by atoms with Gasteiger partial charge in [-0.05, 0) is 54.7 Å². The van der Waals surface area contributed by atoms with Crippen LogP contribution in [0, 0.1) is 0 Å². The molecule has 0 radical (unpaired) electrons. The Kier molecular flexibility index (Phi) is 4.72. The molecule has 4 rings (SSSR count). The van der Waals surface area contributed by atoms with Crippen LogP contribution in [0.15, 0.2) is 53.4 Å². The monoisotopic (exact) mass is 381 g/mol. The maximum Gasteiger partial charge on any atom is 0.251 e. The molecule has 4 nitrogen and oxygen atoms in total. The molecule has 0 bridgehead atoms. The maximum atomic E-state index is 12.6. The molecule has 0 aliphatic heterocycles. The van der Waals surface area contributed by atoms with Gasteiger partial charge in [-0.25, -0.2) is 4.98 Å². The van der Waals surface area contributed by atoms with E-state index in [2.05, 4.69) is 44.8 Å². The number of nitrogens with zero attached hydrogens (tertiary/aromatic N) is 2. The first kappa shape index (κ1) is 17.1. The molecule has 26 heavy (non-hydrogen) atoms. The molecule has 2 aromatic heterocycles. The van der Waals surface area contributed by atoms with Gasteiger partial charge < -0.3 is 10.2 Å². The Morgan fingerprint density at radius 3 is 2.85 bits per heavy atom. The lowest BCUT2D eigenvalue weighted by molar-refractivity contribution is 0.0942. The highest BCUT2D eigenvalue weighted by atomic mass is 32.1. The molecule has 2 aromatic carbocycles. The number of nitrogens with one attached hydrogen (secondary N) is 1. The minimum atomic E-state index is -0.0494. The van der Waals surface area contributed by atoms with Crippen molar-refractivity contribution in [3.05, 3.63) is 64.5 Å². The Morgan fingerprint density at radius 1 is 1.15 bits per heavy atom. The number of thiazole rings is 1. The fourth-order valence-corrected chi connectivity index (χ4v) is 4.84. The standard InChI is InChI=1S/C20H19N3OS2/c1-23(2)17(15-11-25-18-6-4-3-5-14(15)18)10-21-20(24)13-7-8-16-19(9-13)26-12-22-16/h3-9,11-12,17H,10H2,1-2H3,(H,21,24)/t17-/m0/s1. The number of aromatic nitrogens is 1. The van der Waals surface area contributed by atoms with Crippen molar-refractivity contribution in [2.75, 3.05) is 20.6 Å². The minimum absolute atomic E-state index is 0.0494. The van der Waals surface area contributed by atoms with Crippen LogP contribution in [-0.2, 0) is 0 Å². The second kappa shape index (κ2) is 7.15. The number of hydrogen-bond donors (Lipinski definition) is 1. The lowest BCUT2D eigenvalue weighted by Crippen LogP contribution is -2.34. The summed E-state index contributed by atoms with van der Waals surface area (Å²) in [7, 11) is 4.10. The first-order valence-electron chi connectivity index (χ1n) is 8.37. The predicted molar refractivity (Wildman–Crippen MR) is 110 cm³/mol. The lowest BCUT2D eigenvalue weighted by Gasteiger charge is -2.24. The van der Waals surface area contributed by atoms with Crippen LogP contribution in [0.25, 0.3) is 20.3 Å². The third-order valence-electron chi connectivity index (χ3n) is 4.54. The molecule has 4 aromatic rings.